The van der Waals surface area contributed by atoms with Gasteiger partial charge in [-0.25, -0.2) is 0 Å². The van der Waals surface area contributed by atoms with Crippen molar-refractivity contribution >= 4 is 0 Å². The summed E-state index contributed by atoms with van der Waals surface area (Å²) >= 11 is 0. The van der Waals surface area contributed by atoms with E-state index in [-0.39, 0.29) is 63.8 Å². The van der Waals surface area contributed by atoms with E-state index in [4.69, 9.17) is 5.32 Å². The van der Waals surface area contributed by atoms with E-state index < -0.39 is 0 Å². The van der Waals surface area contributed by atoms with Crippen LogP contribution in [0, 0.1) is 47.2 Å². The van der Waals surface area contributed by atoms with E-state index in [2.05, 4.69) is 67.6 Å². The Morgan fingerprint density at radius 3 is 1.29 bits per heavy atom. The Kier molecular flexibility index (Phi) is 7.47. The van der Waals surface area contributed by atoms with Crippen LogP contribution in [-0.4, -0.2) is 23.7 Å². The number of likely N-dealkylation sites (N-methyl/N-ethyl adjacent to an activating group) is 1. The third-order valence-corrected chi connectivity index (χ3v) is 4.55. The Morgan fingerprint density at radius 1 is 0.706 bits per heavy atom. The molecule has 0 amide bonds. The molecule has 1 N–H and O–H groups in total. The summed E-state index contributed by atoms with van der Waals surface area (Å²) in [7, 11) is 2.00. The van der Waals surface area contributed by atoms with Crippen LogP contribution in [0.1, 0.15) is 62.3 Å². The van der Waals surface area contributed by atoms with E-state index >= 15 is 0 Å². The fraction of sp³-hybridized carbons (Fsp3) is 1.00. The smallest absolute Gasteiger partial charge is 0 e. The van der Waals surface area contributed by atoms with Crippen LogP contribution in [0.2, 0.25) is 0 Å². The van der Waals surface area contributed by atoms with Crippen LogP contribution in [0.3, 0.4) is 0 Å². The second kappa shape index (κ2) is 6.17. The molecule has 0 saturated carbocycles. The zero-order chi connectivity index (χ0) is 13.4. The summed E-state index contributed by atoms with van der Waals surface area (Å²) in [6.07, 6.45) is 0. The molecular formula is C14H31CeN2-. The van der Waals surface area contributed by atoms with Gasteiger partial charge in [0, 0.05) is 41.7 Å². The molecule has 0 fully saturated rings. The molecule has 0 heterocycles. The van der Waals surface area contributed by atoms with Crippen LogP contribution >= 0.6 is 0 Å². The van der Waals surface area contributed by atoms with Crippen LogP contribution in [0.5, 0.6) is 0 Å². The van der Waals surface area contributed by atoms with Crippen molar-refractivity contribution in [1.29, 1.82) is 0 Å². The molecule has 0 unspecified atom stereocenters. The fourth-order valence-electron chi connectivity index (χ4n) is 1.31. The number of nitrogens with zero attached hydrogens (tertiary/aromatic N) is 1. The van der Waals surface area contributed by atoms with Crippen LogP contribution in [0.4, 0.5) is 0 Å². The molecule has 0 spiro atoms. The van der Waals surface area contributed by atoms with E-state index in [0.717, 1.165) is 0 Å². The SMILES string of the molecule is CNC(C)(C)C(C)(C)[N-]C(C)(C)C(C)(C)C.[Ce]. The van der Waals surface area contributed by atoms with Gasteiger partial charge in [0.25, 0.3) is 0 Å². The molecule has 3 heteroatoms. The van der Waals surface area contributed by atoms with Gasteiger partial charge in [0.2, 0.25) is 0 Å². The Morgan fingerprint density at radius 2 is 1.06 bits per heavy atom. The van der Waals surface area contributed by atoms with Gasteiger partial charge in [-0.2, -0.15) is 0 Å². The second-order valence-corrected chi connectivity index (χ2v) is 7.35. The first-order chi connectivity index (χ1) is 6.77. The summed E-state index contributed by atoms with van der Waals surface area (Å²) in [6.45, 7) is 20.0. The van der Waals surface area contributed by atoms with Crippen molar-refractivity contribution in [2.75, 3.05) is 7.05 Å². The molecule has 0 aliphatic carbocycles. The maximum atomic E-state index is 5.09. The minimum Gasteiger partial charge on any atom is -0.650 e. The first-order valence-corrected chi connectivity index (χ1v) is 6.20. The zero-order valence-corrected chi connectivity index (χ0v) is 16.6. The summed E-state index contributed by atoms with van der Waals surface area (Å²) in [4.78, 5) is 0. The van der Waals surface area contributed by atoms with Crippen LogP contribution in [0.25, 0.3) is 5.32 Å². The molecule has 2 nitrogen and oxygen atoms in total. The maximum Gasteiger partial charge on any atom is 0 e. The van der Waals surface area contributed by atoms with E-state index in [0.29, 0.717) is 0 Å². The maximum absolute atomic E-state index is 5.09. The molecular weight excluding hydrogens is 336 g/mol. The predicted octanol–water partition coefficient (Wildman–Crippen LogP) is 3.96. The molecule has 0 saturated heterocycles. The topological polar surface area (TPSA) is 26.1 Å². The third kappa shape index (κ3) is 5.05. The van der Waals surface area contributed by atoms with Gasteiger partial charge in [0.1, 0.15) is 0 Å². The first kappa shape index (κ1) is 20.6. The van der Waals surface area contributed by atoms with Gasteiger partial charge >= 0.3 is 0 Å². The predicted molar refractivity (Wildman–Crippen MR) is 74.1 cm³/mol. The minimum atomic E-state index is -0.0987. The van der Waals surface area contributed by atoms with Crippen LogP contribution in [0.15, 0.2) is 0 Å². The molecule has 0 bridgehead atoms. The third-order valence-electron chi connectivity index (χ3n) is 4.55. The van der Waals surface area contributed by atoms with Crippen LogP contribution in [-0.2, 0) is 0 Å². The van der Waals surface area contributed by atoms with Gasteiger partial charge in [-0.15, -0.1) is 11.1 Å². The largest absolute Gasteiger partial charge is 0.650 e. The molecule has 0 aliphatic rings. The second-order valence-electron chi connectivity index (χ2n) is 7.35. The van der Waals surface area contributed by atoms with Gasteiger partial charge in [-0.1, -0.05) is 53.9 Å². The summed E-state index contributed by atoms with van der Waals surface area (Å²) in [6, 6.07) is 0. The van der Waals surface area contributed by atoms with Gasteiger partial charge in [-0.3, -0.25) is 0 Å². The Bertz CT molecular complexity index is 237. The standard InChI is InChI=1S/C14H31N2.Ce/c1-11(2,3)12(4,5)16-14(8,9)13(6,7)15-10;/h15H,1-10H3;/q-1;. The molecule has 0 rings (SSSR count). The summed E-state index contributed by atoms with van der Waals surface area (Å²) in [5.74, 6) is 0. The van der Waals surface area contributed by atoms with Gasteiger partial charge in [0.05, 0.1) is 0 Å². The summed E-state index contributed by atoms with van der Waals surface area (Å²) in [5.41, 5.74) is 0.0345. The number of hydrogen-bond acceptors (Lipinski definition) is 1. The Balaban J connectivity index is 0. The molecule has 0 aromatic heterocycles. The number of rotatable bonds is 4. The van der Waals surface area contributed by atoms with Crippen molar-refractivity contribution in [3.05, 3.63) is 5.32 Å². The van der Waals surface area contributed by atoms with E-state index in [1.807, 2.05) is 7.05 Å². The van der Waals surface area contributed by atoms with Gasteiger partial charge in [-0.05, 0) is 26.4 Å². The molecule has 102 valence electrons. The zero-order valence-electron chi connectivity index (χ0n) is 13.4. The molecule has 0 aromatic carbocycles. The fourth-order valence-corrected chi connectivity index (χ4v) is 1.31. The average Bonchev–Trinajstić information content (AvgIpc) is 1.99. The average molecular weight is 368 g/mol. The monoisotopic (exact) mass is 367 g/mol. The number of hydrogen-bond donors (Lipinski definition) is 1. The van der Waals surface area contributed by atoms with Crippen molar-refractivity contribution in [3.63, 3.8) is 0 Å². The molecule has 0 atom stereocenters. The van der Waals surface area contributed by atoms with Gasteiger partial charge < -0.3 is 10.6 Å². The van der Waals surface area contributed by atoms with E-state index in [9.17, 15) is 0 Å². The van der Waals surface area contributed by atoms with Crippen molar-refractivity contribution < 1.29 is 41.7 Å². The van der Waals surface area contributed by atoms with E-state index in [1.165, 1.54) is 0 Å². The van der Waals surface area contributed by atoms with E-state index in [1.54, 1.807) is 0 Å². The minimum absolute atomic E-state index is 0. The number of nitrogens with one attached hydrogen (secondary N) is 1. The van der Waals surface area contributed by atoms with Crippen molar-refractivity contribution in [2.45, 2.75) is 78.9 Å². The quantitative estimate of drug-likeness (QED) is 0.800. The van der Waals surface area contributed by atoms with Crippen molar-refractivity contribution in [3.8, 4) is 0 Å². The molecule has 0 aliphatic heterocycles. The van der Waals surface area contributed by atoms with Crippen molar-refractivity contribution in [1.82, 2.24) is 5.32 Å². The van der Waals surface area contributed by atoms with Gasteiger partial charge in [0.15, 0.2) is 0 Å². The molecule has 17 heavy (non-hydrogen) atoms. The summed E-state index contributed by atoms with van der Waals surface area (Å²) < 4.78 is 0. The Hall–Kier alpha value is 1.30. The first-order valence-electron chi connectivity index (χ1n) is 6.20. The molecule has 0 aromatic rings. The normalized spacial score (nSPS) is 14.5. The Labute approximate surface area is 142 Å². The van der Waals surface area contributed by atoms with Crippen LogP contribution < -0.4 is 5.32 Å². The molecule has 0 radical (unpaired) electrons. The summed E-state index contributed by atoms with van der Waals surface area (Å²) in [5, 5.41) is 8.45. The van der Waals surface area contributed by atoms with Crippen molar-refractivity contribution in [2.24, 2.45) is 5.41 Å².